The maximum Gasteiger partial charge on any atom is 0.306 e. The summed E-state index contributed by atoms with van der Waals surface area (Å²) in [4.78, 5) is 65.9. The molecule has 2 N–H and O–H groups in total. The number of piperazine rings is 1. The number of benzene rings is 2. The largest absolute Gasteiger partial charge is 0.484 e. The molecule has 4 aromatic rings. The summed E-state index contributed by atoms with van der Waals surface area (Å²) in [6.45, 7) is 19.8. The van der Waals surface area contributed by atoms with E-state index in [0.717, 1.165) is 110 Å². The van der Waals surface area contributed by atoms with Crippen molar-refractivity contribution in [2.45, 2.75) is 143 Å². The second kappa shape index (κ2) is 33.7. The summed E-state index contributed by atoms with van der Waals surface area (Å²) in [5.41, 5.74) is 7.01. The second-order valence-corrected chi connectivity index (χ2v) is 22.6. The molecule has 18 nitrogen and oxygen atoms in total. The van der Waals surface area contributed by atoms with Crippen molar-refractivity contribution in [2.24, 2.45) is 5.92 Å². The van der Waals surface area contributed by atoms with Gasteiger partial charge in [0.2, 0.25) is 11.8 Å². The molecule has 3 unspecified atom stereocenters. The Morgan fingerprint density at radius 1 is 0.838 bits per heavy atom. The van der Waals surface area contributed by atoms with Gasteiger partial charge in [0, 0.05) is 100 Å². The lowest BCUT2D eigenvalue weighted by molar-refractivity contribution is -0.141. The molecule has 0 aliphatic carbocycles. The summed E-state index contributed by atoms with van der Waals surface area (Å²) < 4.78 is 23.7. The SMILES string of the molecule is CC(C)NC(C)C.COC(=O)CC(CN1CCC(CCc2ccc3c(n2)N(C(=O)COc2ccccc2)CCC3)C1)c1cc(N2CCN(C(=O)CCCC(=O)NCCCCCOPOCCC#N)CC2)cc(-n2nc(C)cc2C)c1. The van der Waals surface area contributed by atoms with Gasteiger partial charge in [0.05, 0.1) is 50.6 Å². The number of aryl methyl sites for hydroxylation is 4. The minimum atomic E-state index is -0.254. The molecule has 3 aliphatic heterocycles. The van der Waals surface area contributed by atoms with E-state index in [2.05, 4.69) is 84.5 Å². The fourth-order valence-electron chi connectivity index (χ4n) is 10.7. The van der Waals surface area contributed by atoms with Crippen molar-refractivity contribution in [2.75, 3.05) is 95.6 Å². The van der Waals surface area contributed by atoms with Crippen LogP contribution in [0.1, 0.15) is 132 Å². The lowest BCUT2D eigenvalue weighted by Crippen LogP contribution is -2.48. The zero-order valence-corrected chi connectivity index (χ0v) is 49.7. The minimum absolute atomic E-state index is 0.0336. The van der Waals surface area contributed by atoms with Crippen LogP contribution in [0.25, 0.3) is 5.69 Å². The van der Waals surface area contributed by atoms with Crippen LogP contribution in [0.5, 0.6) is 5.75 Å². The Morgan fingerprint density at radius 3 is 2.31 bits per heavy atom. The number of amides is 3. The van der Waals surface area contributed by atoms with E-state index in [-0.39, 0.29) is 51.7 Å². The summed E-state index contributed by atoms with van der Waals surface area (Å²) >= 11 is 0. The molecule has 436 valence electrons. The van der Waals surface area contributed by atoms with Crippen LogP contribution < -0.4 is 25.2 Å². The van der Waals surface area contributed by atoms with E-state index in [0.29, 0.717) is 108 Å². The van der Waals surface area contributed by atoms with Crippen molar-refractivity contribution >= 4 is 44.2 Å². The van der Waals surface area contributed by atoms with E-state index in [1.807, 2.05) is 59.8 Å². The number of nitriles is 1. The Labute approximate surface area is 477 Å². The Bertz CT molecular complexity index is 2600. The Kier molecular flexibility index (Phi) is 26.6. The first-order valence-electron chi connectivity index (χ1n) is 29.0. The zero-order chi connectivity index (χ0) is 57.2. The average Bonchev–Trinajstić information content (AvgIpc) is 4.06. The Morgan fingerprint density at radius 2 is 1.60 bits per heavy atom. The highest BCUT2D eigenvalue weighted by Gasteiger charge is 2.30. The van der Waals surface area contributed by atoms with E-state index >= 15 is 0 Å². The number of pyridine rings is 1. The van der Waals surface area contributed by atoms with Gasteiger partial charge in [-0.2, -0.15) is 10.4 Å². The molecule has 3 aliphatic rings. The first-order valence-corrected chi connectivity index (χ1v) is 29.9. The molecule has 5 heterocycles. The molecule has 0 bridgehead atoms. The highest BCUT2D eigenvalue weighted by atomic mass is 31.1. The Hall–Kier alpha value is -5.96. The van der Waals surface area contributed by atoms with E-state index in [1.165, 1.54) is 7.11 Å². The summed E-state index contributed by atoms with van der Waals surface area (Å²) in [5, 5.41) is 19.7. The minimum Gasteiger partial charge on any atom is -0.484 e. The first kappa shape index (κ1) is 63.2. The second-order valence-electron chi connectivity index (χ2n) is 21.9. The number of ether oxygens (including phenoxy) is 2. The van der Waals surface area contributed by atoms with E-state index in [4.69, 9.17) is 33.9 Å². The molecular formula is C61H89N10O8P. The number of para-hydroxylation sites is 1. The highest BCUT2D eigenvalue weighted by molar-refractivity contribution is 7.26. The monoisotopic (exact) mass is 1120 g/mol. The number of nitrogens with one attached hydrogen (secondary N) is 2. The van der Waals surface area contributed by atoms with Crippen LogP contribution >= 0.6 is 9.03 Å². The topological polar surface area (TPSA) is 197 Å². The van der Waals surface area contributed by atoms with E-state index < -0.39 is 0 Å². The molecular weight excluding hydrogens is 1030 g/mol. The quantitative estimate of drug-likeness (QED) is 0.0297. The number of carbonyl (C=O) groups is 4. The maximum absolute atomic E-state index is 13.4. The van der Waals surface area contributed by atoms with Crippen LogP contribution in [0.3, 0.4) is 0 Å². The molecule has 0 radical (unpaired) electrons. The van der Waals surface area contributed by atoms with Crippen LogP contribution in [0.2, 0.25) is 0 Å². The highest BCUT2D eigenvalue weighted by Crippen LogP contribution is 2.33. The summed E-state index contributed by atoms with van der Waals surface area (Å²) in [6, 6.07) is 25.5. The predicted molar refractivity (Wildman–Crippen MR) is 315 cm³/mol. The number of esters is 1. The smallest absolute Gasteiger partial charge is 0.306 e. The number of fused-ring (bicyclic) bond motifs is 1. The van der Waals surface area contributed by atoms with Crippen molar-refractivity contribution in [3.8, 4) is 17.5 Å². The first-order chi connectivity index (χ1) is 38.7. The van der Waals surface area contributed by atoms with Crippen LogP contribution in [0.15, 0.2) is 66.7 Å². The molecule has 80 heavy (non-hydrogen) atoms. The predicted octanol–water partition coefficient (Wildman–Crippen LogP) is 8.80. The zero-order valence-electron chi connectivity index (χ0n) is 48.7. The molecule has 0 spiro atoms. The van der Waals surface area contributed by atoms with Crippen molar-refractivity contribution in [1.82, 2.24) is 35.2 Å². The number of likely N-dealkylation sites (tertiary alicyclic amines) is 1. The van der Waals surface area contributed by atoms with Gasteiger partial charge >= 0.3 is 5.97 Å². The number of hydrogen-bond donors (Lipinski definition) is 2. The molecule has 2 fully saturated rings. The van der Waals surface area contributed by atoms with Crippen LogP contribution in [0.4, 0.5) is 11.5 Å². The maximum atomic E-state index is 13.4. The van der Waals surface area contributed by atoms with Gasteiger partial charge in [0.1, 0.15) is 11.6 Å². The van der Waals surface area contributed by atoms with E-state index in [1.54, 1.807) is 4.90 Å². The molecule has 3 atom stereocenters. The van der Waals surface area contributed by atoms with Crippen molar-refractivity contribution in [3.63, 3.8) is 0 Å². The van der Waals surface area contributed by atoms with Crippen molar-refractivity contribution in [3.05, 3.63) is 94.9 Å². The van der Waals surface area contributed by atoms with Gasteiger partial charge in [0.15, 0.2) is 15.6 Å². The molecule has 2 saturated heterocycles. The molecule has 3 amide bonds. The van der Waals surface area contributed by atoms with Gasteiger partial charge in [-0.25, -0.2) is 9.67 Å². The lowest BCUT2D eigenvalue weighted by atomic mass is 9.93. The van der Waals surface area contributed by atoms with Gasteiger partial charge < -0.3 is 43.9 Å². The molecule has 2 aromatic carbocycles. The normalized spacial score (nSPS) is 15.9. The third-order valence-corrected chi connectivity index (χ3v) is 15.2. The standard InChI is InChI=1S/C55H74N9O8P.C6H15N/c1-41-33-42(2)64(59-41)49-35-45(34-48(37-49)61-27-29-62(30-28-61)52(66)17-10-16-51(65)57-24-8-5-9-31-71-73-72-32-12-23-56)46(36-54(68)69-3)39-60-26-22-43(38-60)18-20-47-21-19-44-13-11-25-63(55(44)58-47)53(67)40-70-50-14-6-4-7-15-50;1-5(2)7-6(3)4/h4,6-7,14-15,19,21,33-35,37,43,46,73H,5,8-13,16-18,20,22,24-32,36,38-40H2,1-3H3,(H,57,65);5-7H,1-4H3. The number of unbranched alkanes of at least 4 members (excludes halogenated alkanes) is 2. The van der Waals surface area contributed by atoms with E-state index in [9.17, 15) is 19.2 Å². The van der Waals surface area contributed by atoms with Crippen molar-refractivity contribution in [1.29, 1.82) is 5.26 Å². The van der Waals surface area contributed by atoms with Crippen LogP contribution in [-0.2, 0) is 45.8 Å². The molecule has 7 rings (SSSR count). The van der Waals surface area contributed by atoms with Crippen LogP contribution in [-0.4, -0.2) is 146 Å². The number of anilines is 2. The third-order valence-electron chi connectivity index (χ3n) is 14.6. The number of hydrogen-bond acceptors (Lipinski definition) is 14. The number of rotatable bonds is 29. The average molecular weight is 1120 g/mol. The summed E-state index contributed by atoms with van der Waals surface area (Å²) in [5.74, 6) is 1.44. The van der Waals surface area contributed by atoms with Gasteiger partial charge in [0.25, 0.3) is 5.91 Å². The lowest BCUT2D eigenvalue weighted by Gasteiger charge is -2.37. The fourth-order valence-corrected chi connectivity index (χ4v) is 11.1. The van der Waals surface area contributed by atoms with Gasteiger partial charge in [-0.3, -0.25) is 24.1 Å². The fraction of sp³-hybridized carbons (Fsp3) is 0.590. The molecule has 0 saturated carbocycles. The molecule has 19 heteroatoms. The number of methoxy groups -OCH3 is 1. The van der Waals surface area contributed by atoms with Gasteiger partial charge in [-0.05, 0) is 138 Å². The Balaban J connectivity index is 0.00000138. The third kappa shape index (κ3) is 21.2. The number of carbonyl (C=O) groups excluding carboxylic acids is 4. The summed E-state index contributed by atoms with van der Waals surface area (Å²) in [7, 11) is 1.39. The van der Waals surface area contributed by atoms with Crippen LogP contribution in [0, 0.1) is 31.1 Å². The van der Waals surface area contributed by atoms with Gasteiger partial charge in [-0.1, -0.05) is 52.0 Å². The van der Waals surface area contributed by atoms with Crippen molar-refractivity contribution < 1.29 is 37.7 Å². The summed E-state index contributed by atoms with van der Waals surface area (Å²) in [6.07, 6.45) is 8.99. The number of nitrogens with zero attached hydrogens (tertiary/aromatic N) is 8. The molecule has 2 aromatic heterocycles. The van der Waals surface area contributed by atoms with Gasteiger partial charge in [-0.15, -0.1) is 0 Å². The number of aromatic nitrogens is 3.